The Kier molecular flexibility index (Phi) is 4.57. The van der Waals surface area contributed by atoms with E-state index in [1.807, 2.05) is 0 Å². The Morgan fingerprint density at radius 3 is 1.26 bits per heavy atom. The van der Waals surface area contributed by atoms with Crippen molar-refractivity contribution in [2.24, 2.45) is 0 Å². The summed E-state index contributed by atoms with van der Waals surface area (Å²) in [6.07, 6.45) is 0. The maximum absolute atomic E-state index is 2.12. The molecule has 4 aromatic rings. The zero-order valence-electron chi connectivity index (χ0n) is 10.4. The van der Waals surface area contributed by atoms with Crippen molar-refractivity contribution in [3.8, 4) is 0 Å². The molecular weight excluding hydrogens is 272 g/mol. The number of benzene rings is 2. The Bertz CT molecular complexity index is 620. The van der Waals surface area contributed by atoms with Crippen molar-refractivity contribution >= 4 is 21.5 Å². The molecule has 0 bridgehead atoms. The summed E-state index contributed by atoms with van der Waals surface area (Å²) in [4.78, 5) is 0. The van der Waals surface area contributed by atoms with Crippen LogP contribution >= 0.6 is 0 Å². The molecule has 0 aliphatic rings. The monoisotopic (exact) mass is 286 g/mol. The molecule has 0 aliphatic heterocycles. The molecule has 0 nitrogen and oxygen atoms in total. The van der Waals surface area contributed by atoms with Crippen molar-refractivity contribution < 1.29 is 17.1 Å². The van der Waals surface area contributed by atoms with Gasteiger partial charge in [0.05, 0.1) is 0 Å². The van der Waals surface area contributed by atoms with Crippen LogP contribution in [0.1, 0.15) is 0 Å². The summed E-state index contributed by atoms with van der Waals surface area (Å²) in [6, 6.07) is 29.3. The van der Waals surface area contributed by atoms with Gasteiger partial charge in [-0.25, -0.2) is 0 Å². The number of hydrogen-bond donors (Lipinski definition) is 0. The van der Waals surface area contributed by atoms with E-state index in [1.54, 1.807) is 0 Å². The largest absolute Gasteiger partial charge is 0.152 e. The van der Waals surface area contributed by atoms with Crippen LogP contribution in [0.2, 0.25) is 0 Å². The average Bonchev–Trinajstić information content (AvgIpc) is 3.08. The summed E-state index contributed by atoms with van der Waals surface area (Å²) >= 11 is 0. The maximum atomic E-state index is 2.12. The first-order chi connectivity index (χ1) is 8.93. The summed E-state index contributed by atoms with van der Waals surface area (Å²) in [6.45, 7) is 0. The fraction of sp³-hybridized carbons (Fsp3) is 0. The normalized spacial score (nSPS) is 9.68. The first-order valence-electron chi connectivity index (χ1n) is 6.14. The molecule has 0 saturated carbocycles. The van der Waals surface area contributed by atoms with Crippen LogP contribution in [0.5, 0.6) is 0 Å². The molecule has 0 aromatic heterocycles. The molecular formula is C18H14Fe-2. The fourth-order valence-corrected chi connectivity index (χ4v) is 2.14. The van der Waals surface area contributed by atoms with E-state index >= 15 is 0 Å². The van der Waals surface area contributed by atoms with Gasteiger partial charge in [0, 0.05) is 17.1 Å². The smallest absolute Gasteiger partial charge is 0 e. The van der Waals surface area contributed by atoms with E-state index in [9.17, 15) is 0 Å². The van der Waals surface area contributed by atoms with Crippen LogP contribution in [0, 0.1) is 0 Å². The third-order valence-electron chi connectivity index (χ3n) is 3.10. The van der Waals surface area contributed by atoms with Crippen LogP contribution in [0.25, 0.3) is 21.5 Å². The average molecular weight is 286 g/mol. The molecule has 96 valence electrons. The molecule has 4 rings (SSSR count). The Hall–Kier alpha value is -1.82. The van der Waals surface area contributed by atoms with Gasteiger partial charge < -0.3 is 0 Å². The van der Waals surface area contributed by atoms with Gasteiger partial charge in [-0.1, -0.05) is 10.8 Å². The van der Waals surface area contributed by atoms with Crippen molar-refractivity contribution in [1.82, 2.24) is 0 Å². The van der Waals surface area contributed by atoms with Gasteiger partial charge in [-0.2, -0.15) is 24.3 Å². The summed E-state index contributed by atoms with van der Waals surface area (Å²) < 4.78 is 0. The molecule has 0 N–H and O–H groups in total. The van der Waals surface area contributed by atoms with Crippen molar-refractivity contribution in [3.05, 3.63) is 84.9 Å². The van der Waals surface area contributed by atoms with Crippen molar-refractivity contribution in [1.29, 1.82) is 0 Å². The van der Waals surface area contributed by atoms with E-state index in [-0.39, 0.29) is 17.1 Å². The zero-order chi connectivity index (χ0) is 12.2. The predicted octanol–water partition coefficient (Wildman–Crippen LogP) is 5.11. The van der Waals surface area contributed by atoms with Crippen LogP contribution in [0.3, 0.4) is 0 Å². The molecule has 0 atom stereocenters. The van der Waals surface area contributed by atoms with Gasteiger partial charge in [-0.05, 0) is 0 Å². The molecule has 0 spiro atoms. The maximum Gasteiger partial charge on any atom is 0 e. The fourth-order valence-electron chi connectivity index (χ4n) is 2.14. The standard InChI is InChI=1S/2C9H7.Fe/c2*1-2-5-9-7-3-6-8(9)4-1;/h2*1-7H;/q2*-1;. The quantitative estimate of drug-likeness (QED) is 0.311. The second kappa shape index (κ2) is 6.38. The molecule has 0 fully saturated rings. The third kappa shape index (κ3) is 3.14. The van der Waals surface area contributed by atoms with Gasteiger partial charge in [-0.3, -0.25) is 0 Å². The first-order valence-corrected chi connectivity index (χ1v) is 6.14. The number of fused-ring (bicyclic) bond motifs is 2. The van der Waals surface area contributed by atoms with Crippen LogP contribution in [0.4, 0.5) is 0 Å². The van der Waals surface area contributed by atoms with Gasteiger partial charge in [0.2, 0.25) is 0 Å². The molecule has 0 amide bonds. The van der Waals surface area contributed by atoms with Gasteiger partial charge in [-0.15, -0.1) is 71.4 Å². The Morgan fingerprint density at radius 2 is 0.842 bits per heavy atom. The minimum Gasteiger partial charge on any atom is -0.152 e. The Labute approximate surface area is 123 Å². The summed E-state index contributed by atoms with van der Waals surface area (Å²) in [5, 5.41) is 5.32. The van der Waals surface area contributed by atoms with Crippen LogP contribution in [-0.2, 0) is 17.1 Å². The van der Waals surface area contributed by atoms with E-state index in [2.05, 4.69) is 84.9 Å². The summed E-state index contributed by atoms with van der Waals surface area (Å²) in [7, 11) is 0. The van der Waals surface area contributed by atoms with Crippen molar-refractivity contribution in [2.45, 2.75) is 0 Å². The van der Waals surface area contributed by atoms with Gasteiger partial charge >= 0.3 is 0 Å². The molecule has 19 heavy (non-hydrogen) atoms. The first kappa shape index (κ1) is 13.6. The molecule has 1 heteroatoms. The number of hydrogen-bond acceptors (Lipinski definition) is 0. The molecule has 0 aliphatic carbocycles. The molecule has 0 heterocycles. The van der Waals surface area contributed by atoms with Crippen LogP contribution in [-0.4, -0.2) is 0 Å². The minimum absolute atomic E-state index is 0. The predicted molar refractivity (Wildman–Crippen MR) is 79.1 cm³/mol. The van der Waals surface area contributed by atoms with E-state index in [4.69, 9.17) is 0 Å². The topological polar surface area (TPSA) is 0 Å². The Balaban J connectivity index is 0.000000133. The third-order valence-corrected chi connectivity index (χ3v) is 3.10. The van der Waals surface area contributed by atoms with E-state index < -0.39 is 0 Å². The van der Waals surface area contributed by atoms with E-state index in [1.165, 1.54) is 21.5 Å². The van der Waals surface area contributed by atoms with Crippen LogP contribution in [0.15, 0.2) is 84.9 Å². The van der Waals surface area contributed by atoms with Gasteiger partial charge in [0.15, 0.2) is 0 Å². The number of rotatable bonds is 0. The van der Waals surface area contributed by atoms with E-state index in [0.717, 1.165) is 0 Å². The SMILES string of the molecule is [Fe].c1cc[c-]2cccc2c1.c1cc[c-]2cccc2c1. The summed E-state index contributed by atoms with van der Waals surface area (Å²) in [5.41, 5.74) is 0. The molecule has 0 radical (unpaired) electrons. The van der Waals surface area contributed by atoms with Crippen molar-refractivity contribution in [3.63, 3.8) is 0 Å². The van der Waals surface area contributed by atoms with Gasteiger partial charge in [0.1, 0.15) is 0 Å². The zero-order valence-corrected chi connectivity index (χ0v) is 11.5. The molecule has 0 saturated heterocycles. The Morgan fingerprint density at radius 1 is 0.474 bits per heavy atom. The summed E-state index contributed by atoms with van der Waals surface area (Å²) in [5.74, 6) is 0. The van der Waals surface area contributed by atoms with Crippen LogP contribution < -0.4 is 0 Å². The molecule has 4 aromatic carbocycles. The van der Waals surface area contributed by atoms with E-state index in [0.29, 0.717) is 0 Å². The second-order valence-electron chi connectivity index (χ2n) is 4.31. The molecule has 0 unspecified atom stereocenters. The van der Waals surface area contributed by atoms with Gasteiger partial charge in [0.25, 0.3) is 0 Å². The minimum atomic E-state index is 0. The second-order valence-corrected chi connectivity index (χ2v) is 4.31. The van der Waals surface area contributed by atoms with Crippen molar-refractivity contribution in [2.75, 3.05) is 0 Å².